The van der Waals surface area contributed by atoms with Gasteiger partial charge in [0.25, 0.3) is 0 Å². The molecule has 6 nitrogen and oxygen atoms in total. The molecule has 58 heavy (non-hydrogen) atoms. The van der Waals surface area contributed by atoms with Gasteiger partial charge in [-0.1, -0.05) is 200 Å². The normalized spacial score (nSPS) is 11.1. The Morgan fingerprint density at radius 2 is 0.517 bits per heavy atom. The van der Waals surface area contributed by atoms with Gasteiger partial charge in [-0.2, -0.15) is 0 Å². The van der Waals surface area contributed by atoms with Gasteiger partial charge in [0.1, 0.15) is 0 Å². The molecule has 272 valence electrons. The van der Waals surface area contributed by atoms with Crippen LogP contribution in [0.15, 0.2) is 206 Å². The third-order valence-corrected chi connectivity index (χ3v) is 10.2. The number of hydrogen-bond acceptors (Lipinski definition) is 6. The van der Waals surface area contributed by atoms with E-state index >= 15 is 0 Å². The highest BCUT2D eigenvalue weighted by Gasteiger charge is 2.15. The van der Waals surface area contributed by atoms with E-state index in [9.17, 15) is 0 Å². The molecule has 10 rings (SSSR count). The van der Waals surface area contributed by atoms with Crippen LogP contribution in [0.5, 0.6) is 0 Å². The zero-order valence-electron chi connectivity index (χ0n) is 31.3. The van der Waals surface area contributed by atoms with E-state index in [1.807, 2.05) is 121 Å². The number of hydrogen-bond donors (Lipinski definition) is 0. The molecule has 0 aliphatic heterocycles. The molecule has 0 unspecified atom stereocenters. The van der Waals surface area contributed by atoms with Gasteiger partial charge >= 0.3 is 0 Å². The number of nitrogens with zero attached hydrogens (tertiary/aromatic N) is 6. The molecule has 0 N–H and O–H groups in total. The first kappa shape index (κ1) is 34.5. The van der Waals surface area contributed by atoms with Crippen LogP contribution in [0, 0.1) is 0 Å². The molecule has 0 bridgehead atoms. The molecule has 0 saturated heterocycles. The van der Waals surface area contributed by atoms with Gasteiger partial charge in [0.15, 0.2) is 34.9 Å². The van der Waals surface area contributed by atoms with Crippen LogP contribution in [0.4, 0.5) is 0 Å². The van der Waals surface area contributed by atoms with Crippen LogP contribution in [0.2, 0.25) is 0 Å². The van der Waals surface area contributed by atoms with Gasteiger partial charge < -0.3 is 0 Å². The lowest BCUT2D eigenvalue weighted by Gasteiger charge is -2.12. The summed E-state index contributed by atoms with van der Waals surface area (Å²) in [5, 5.41) is 2.35. The summed E-state index contributed by atoms with van der Waals surface area (Å²) in [6.07, 6.45) is 0. The smallest absolute Gasteiger partial charge is 0.164 e. The van der Waals surface area contributed by atoms with E-state index in [0.717, 1.165) is 55.6 Å². The van der Waals surface area contributed by atoms with Crippen molar-refractivity contribution in [1.29, 1.82) is 0 Å². The first-order valence-electron chi connectivity index (χ1n) is 19.2. The summed E-state index contributed by atoms with van der Waals surface area (Å²) in [6.45, 7) is 0. The van der Waals surface area contributed by atoms with Gasteiger partial charge in [-0.3, -0.25) is 0 Å². The predicted octanol–water partition coefficient (Wildman–Crippen LogP) is 12.5. The summed E-state index contributed by atoms with van der Waals surface area (Å²) in [5.41, 5.74) is 10.1. The van der Waals surface area contributed by atoms with Crippen molar-refractivity contribution in [2.75, 3.05) is 0 Å². The summed E-state index contributed by atoms with van der Waals surface area (Å²) in [5.74, 6) is 3.84. The Kier molecular flexibility index (Phi) is 9.10. The Morgan fingerprint density at radius 3 is 0.897 bits per heavy atom. The molecule has 0 fully saturated rings. The summed E-state index contributed by atoms with van der Waals surface area (Å²) in [6, 6.07) is 70.3. The molecule has 0 atom stereocenters. The minimum Gasteiger partial charge on any atom is -0.208 e. The molecule has 10 aromatic rings. The Balaban J connectivity index is 0.976. The lowest BCUT2D eigenvalue weighted by Crippen LogP contribution is -2.00. The molecule has 0 aliphatic rings. The fraction of sp³-hybridized carbons (Fsp3) is 0. The number of rotatable bonds is 8. The quantitative estimate of drug-likeness (QED) is 0.154. The topological polar surface area (TPSA) is 77.3 Å². The molecule has 2 aromatic heterocycles. The summed E-state index contributed by atoms with van der Waals surface area (Å²) < 4.78 is 0. The molecule has 2 heterocycles. The molecule has 0 spiro atoms. The third-order valence-electron chi connectivity index (χ3n) is 10.2. The van der Waals surface area contributed by atoms with Crippen LogP contribution < -0.4 is 0 Å². The van der Waals surface area contributed by atoms with E-state index in [4.69, 9.17) is 29.9 Å². The van der Waals surface area contributed by atoms with Crippen LogP contribution in [0.3, 0.4) is 0 Å². The fourth-order valence-corrected chi connectivity index (χ4v) is 7.19. The van der Waals surface area contributed by atoms with E-state index in [0.29, 0.717) is 34.9 Å². The van der Waals surface area contributed by atoms with Crippen molar-refractivity contribution in [3.05, 3.63) is 206 Å². The second kappa shape index (κ2) is 15.3. The second-order valence-corrected chi connectivity index (χ2v) is 14.0. The first-order valence-corrected chi connectivity index (χ1v) is 19.2. The van der Waals surface area contributed by atoms with Crippen LogP contribution in [0.1, 0.15) is 0 Å². The van der Waals surface area contributed by atoms with Crippen LogP contribution >= 0.6 is 0 Å². The summed E-state index contributed by atoms with van der Waals surface area (Å²) in [4.78, 5) is 29.4. The van der Waals surface area contributed by atoms with E-state index in [2.05, 4.69) is 84.9 Å². The van der Waals surface area contributed by atoms with Gasteiger partial charge in [0.2, 0.25) is 0 Å². The molecule has 0 saturated carbocycles. The standard InChI is InChI=1S/C52H34N6/c1-5-14-38(15-6-1)47-53-48(39-16-7-2-8-17-39)56-51(55-47)42-29-24-35(25-30-42)44-33-28-36-22-13-23-45(46(36)34-44)37-26-31-43(32-27-37)52-57-49(40-18-9-3-10-19-40)54-50(58-52)41-20-11-4-12-21-41/h1-34H. The molecule has 0 radical (unpaired) electrons. The highest BCUT2D eigenvalue weighted by atomic mass is 15.0. The molecular formula is C52H34N6. The Labute approximate surface area is 336 Å². The van der Waals surface area contributed by atoms with Crippen molar-refractivity contribution in [2.24, 2.45) is 0 Å². The summed E-state index contributed by atoms with van der Waals surface area (Å²) in [7, 11) is 0. The minimum absolute atomic E-state index is 0.632. The molecule has 0 aliphatic carbocycles. The number of benzene rings is 8. The van der Waals surface area contributed by atoms with Crippen molar-refractivity contribution >= 4 is 10.8 Å². The van der Waals surface area contributed by atoms with E-state index in [1.165, 1.54) is 10.8 Å². The lowest BCUT2D eigenvalue weighted by molar-refractivity contribution is 1.07. The molecule has 8 aromatic carbocycles. The van der Waals surface area contributed by atoms with E-state index in [-0.39, 0.29) is 0 Å². The van der Waals surface area contributed by atoms with Crippen molar-refractivity contribution in [1.82, 2.24) is 29.9 Å². The van der Waals surface area contributed by atoms with Gasteiger partial charge in [-0.15, -0.1) is 0 Å². The summed E-state index contributed by atoms with van der Waals surface area (Å²) >= 11 is 0. The van der Waals surface area contributed by atoms with Crippen molar-refractivity contribution < 1.29 is 0 Å². The van der Waals surface area contributed by atoms with E-state index < -0.39 is 0 Å². The second-order valence-electron chi connectivity index (χ2n) is 14.0. The van der Waals surface area contributed by atoms with Crippen LogP contribution in [-0.2, 0) is 0 Å². The van der Waals surface area contributed by atoms with Gasteiger partial charge in [0.05, 0.1) is 0 Å². The Bertz CT molecular complexity index is 2890. The van der Waals surface area contributed by atoms with E-state index in [1.54, 1.807) is 0 Å². The van der Waals surface area contributed by atoms with Gasteiger partial charge in [-0.25, -0.2) is 29.9 Å². The third kappa shape index (κ3) is 7.02. The van der Waals surface area contributed by atoms with Crippen molar-refractivity contribution in [3.63, 3.8) is 0 Å². The zero-order chi connectivity index (χ0) is 38.7. The van der Waals surface area contributed by atoms with Gasteiger partial charge in [-0.05, 0) is 39.1 Å². The average molecular weight is 743 g/mol. The van der Waals surface area contributed by atoms with Crippen molar-refractivity contribution in [2.45, 2.75) is 0 Å². The Morgan fingerprint density at radius 1 is 0.207 bits per heavy atom. The molecule has 6 heteroatoms. The number of fused-ring (bicyclic) bond motifs is 1. The Hall–Kier alpha value is -7.96. The number of aromatic nitrogens is 6. The maximum absolute atomic E-state index is 4.93. The maximum Gasteiger partial charge on any atom is 0.164 e. The fourth-order valence-electron chi connectivity index (χ4n) is 7.19. The van der Waals surface area contributed by atoms with Crippen LogP contribution in [0.25, 0.3) is 101 Å². The lowest BCUT2D eigenvalue weighted by atomic mass is 9.94. The average Bonchev–Trinajstić information content (AvgIpc) is 3.32. The monoisotopic (exact) mass is 742 g/mol. The SMILES string of the molecule is c1ccc(-c2nc(-c3ccccc3)nc(-c3ccc(-c4ccc5cccc(-c6ccc(-c7nc(-c8ccccc8)nc(-c8ccccc8)n7)cc6)c5c4)cc3)n2)cc1. The molecular weight excluding hydrogens is 709 g/mol. The highest BCUT2D eigenvalue weighted by molar-refractivity contribution is 5.99. The van der Waals surface area contributed by atoms with Crippen molar-refractivity contribution in [3.8, 4) is 90.6 Å². The minimum atomic E-state index is 0.632. The van der Waals surface area contributed by atoms with Gasteiger partial charge in [0, 0.05) is 33.4 Å². The largest absolute Gasteiger partial charge is 0.208 e. The first-order chi connectivity index (χ1) is 28.7. The highest BCUT2D eigenvalue weighted by Crippen LogP contribution is 2.35. The maximum atomic E-state index is 4.93. The molecule has 0 amide bonds. The predicted molar refractivity (Wildman–Crippen MR) is 234 cm³/mol. The van der Waals surface area contributed by atoms with Crippen LogP contribution in [-0.4, -0.2) is 29.9 Å². The zero-order valence-corrected chi connectivity index (χ0v) is 31.3.